The smallest absolute Gasteiger partial charge is 0.348 e. The second-order valence-electron chi connectivity index (χ2n) is 6.04. The first-order valence-corrected chi connectivity index (χ1v) is 8.27. The molecular formula is C18H20FN3O3. The summed E-state index contributed by atoms with van der Waals surface area (Å²) in [6.07, 6.45) is 2.80. The van der Waals surface area contributed by atoms with Crippen molar-refractivity contribution < 1.29 is 19.0 Å². The molecular weight excluding hydrogens is 325 g/mol. The van der Waals surface area contributed by atoms with Crippen LogP contribution in [0.15, 0.2) is 36.7 Å². The van der Waals surface area contributed by atoms with Gasteiger partial charge in [0.1, 0.15) is 12.1 Å². The van der Waals surface area contributed by atoms with Gasteiger partial charge in [-0.1, -0.05) is 19.1 Å². The average Bonchev–Trinajstić information content (AvgIpc) is 2.64. The SMILES string of the molecule is CCc1cc(N2CCC(Oc3ccccc3F)(C(=O)O)CC2)ncn1. The summed E-state index contributed by atoms with van der Waals surface area (Å²) in [6.45, 7) is 2.93. The van der Waals surface area contributed by atoms with Crippen LogP contribution >= 0.6 is 0 Å². The second-order valence-corrected chi connectivity index (χ2v) is 6.04. The van der Waals surface area contributed by atoms with Crippen molar-refractivity contribution >= 4 is 11.8 Å². The molecule has 1 saturated heterocycles. The van der Waals surface area contributed by atoms with E-state index in [2.05, 4.69) is 9.97 Å². The van der Waals surface area contributed by atoms with Crippen molar-refractivity contribution in [2.24, 2.45) is 0 Å². The fourth-order valence-electron chi connectivity index (χ4n) is 2.95. The number of hydrogen-bond acceptors (Lipinski definition) is 5. The van der Waals surface area contributed by atoms with Crippen molar-refractivity contribution in [3.63, 3.8) is 0 Å². The lowest BCUT2D eigenvalue weighted by Crippen LogP contribution is -2.53. The lowest BCUT2D eigenvalue weighted by atomic mass is 9.91. The van der Waals surface area contributed by atoms with E-state index in [9.17, 15) is 14.3 Å². The monoisotopic (exact) mass is 345 g/mol. The number of aromatic nitrogens is 2. The van der Waals surface area contributed by atoms with Gasteiger partial charge in [-0.15, -0.1) is 0 Å². The molecule has 0 aliphatic carbocycles. The van der Waals surface area contributed by atoms with Crippen LogP contribution in [0.25, 0.3) is 0 Å². The number of aryl methyl sites for hydroxylation is 1. The number of rotatable bonds is 5. The maximum atomic E-state index is 13.9. The molecule has 3 rings (SSSR count). The Hall–Kier alpha value is -2.70. The molecule has 1 aliphatic rings. The summed E-state index contributed by atoms with van der Waals surface area (Å²) in [5, 5.41) is 9.69. The highest BCUT2D eigenvalue weighted by Crippen LogP contribution is 2.32. The van der Waals surface area contributed by atoms with Crippen molar-refractivity contribution in [2.45, 2.75) is 31.8 Å². The van der Waals surface area contributed by atoms with Gasteiger partial charge in [0, 0.05) is 37.7 Å². The molecule has 1 N–H and O–H groups in total. The number of nitrogens with zero attached hydrogens (tertiary/aromatic N) is 3. The Morgan fingerprint density at radius 1 is 1.32 bits per heavy atom. The Labute approximate surface area is 145 Å². The molecule has 0 spiro atoms. The Bertz CT molecular complexity index is 761. The van der Waals surface area contributed by atoms with E-state index in [0.717, 1.165) is 17.9 Å². The summed E-state index contributed by atoms with van der Waals surface area (Å²) in [4.78, 5) is 22.3. The number of hydrogen-bond donors (Lipinski definition) is 1. The molecule has 1 aliphatic heterocycles. The Kier molecular flexibility index (Phi) is 4.83. The fourth-order valence-corrected chi connectivity index (χ4v) is 2.95. The average molecular weight is 345 g/mol. The normalized spacial score (nSPS) is 16.5. The van der Waals surface area contributed by atoms with E-state index in [1.165, 1.54) is 18.5 Å². The maximum absolute atomic E-state index is 13.9. The minimum absolute atomic E-state index is 0.0337. The van der Waals surface area contributed by atoms with Crippen LogP contribution in [0.5, 0.6) is 5.75 Å². The molecule has 1 aromatic carbocycles. The molecule has 0 radical (unpaired) electrons. The number of halogens is 1. The van der Waals surface area contributed by atoms with Crippen LogP contribution in [-0.2, 0) is 11.2 Å². The third-order valence-corrected chi connectivity index (χ3v) is 4.50. The van der Waals surface area contributed by atoms with Gasteiger partial charge >= 0.3 is 5.97 Å². The van der Waals surface area contributed by atoms with Gasteiger partial charge in [-0.3, -0.25) is 0 Å². The molecule has 2 heterocycles. The molecule has 0 unspecified atom stereocenters. The maximum Gasteiger partial charge on any atom is 0.348 e. The number of aliphatic carboxylic acids is 1. The van der Waals surface area contributed by atoms with Gasteiger partial charge < -0.3 is 14.7 Å². The molecule has 0 amide bonds. The van der Waals surface area contributed by atoms with Gasteiger partial charge in [0.25, 0.3) is 0 Å². The molecule has 2 aromatic rings. The third kappa shape index (κ3) is 3.55. The lowest BCUT2D eigenvalue weighted by molar-refractivity contribution is -0.157. The number of carbonyl (C=O) groups is 1. The van der Waals surface area contributed by atoms with Crippen molar-refractivity contribution in [2.75, 3.05) is 18.0 Å². The zero-order valence-corrected chi connectivity index (χ0v) is 14.0. The van der Waals surface area contributed by atoms with Crippen LogP contribution in [0.2, 0.25) is 0 Å². The van der Waals surface area contributed by atoms with Gasteiger partial charge in [-0.2, -0.15) is 0 Å². The van der Waals surface area contributed by atoms with Gasteiger partial charge in [-0.05, 0) is 18.6 Å². The first kappa shape index (κ1) is 17.1. The number of benzene rings is 1. The van der Waals surface area contributed by atoms with Crippen LogP contribution in [-0.4, -0.2) is 39.7 Å². The highest BCUT2D eigenvalue weighted by atomic mass is 19.1. The zero-order chi connectivity index (χ0) is 17.9. The van der Waals surface area contributed by atoms with Gasteiger partial charge in [-0.25, -0.2) is 19.2 Å². The summed E-state index contributed by atoms with van der Waals surface area (Å²) in [5.74, 6) is -0.897. The Balaban J connectivity index is 1.76. The Morgan fingerprint density at radius 3 is 2.68 bits per heavy atom. The summed E-state index contributed by atoms with van der Waals surface area (Å²) in [5.41, 5.74) is -0.498. The van der Waals surface area contributed by atoms with E-state index < -0.39 is 17.4 Å². The van der Waals surface area contributed by atoms with Crippen molar-refractivity contribution in [3.8, 4) is 5.75 Å². The molecule has 25 heavy (non-hydrogen) atoms. The van der Waals surface area contributed by atoms with Crippen LogP contribution in [0.4, 0.5) is 10.2 Å². The number of carboxylic acids is 1. The van der Waals surface area contributed by atoms with Crippen molar-refractivity contribution in [3.05, 3.63) is 48.2 Å². The number of para-hydroxylation sites is 1. The first-order chi connectivity index (χ1) is 12.0. The van der Waals surface area contributed by atoms with E-state index in [1.807, 2.05) is 17.9 Å². The summed E-state index contributed by atoms with van der Waals surface area (Å²) in [7, 11) is 0. The van der Waals surface area contributed by atoms with Gasteiger partial charge in [0.05, 0.1) is 0 Å². The topological polar surface area (TPSA) is 75.5 Å². The van der Waals surface area contributed by atoms with Gasteiger partial charge in [0.2, 0.25) is 5.60 Å². The molecule has 0 bridgehead atoms. The van der Waals surface area contributed by atoms with Crippen LogP contribution in [0.3, 0.4) is 0 Å². The predicted octanol–water partition coefficient (Wildman–Crippen LogP) is 2.68. The third-order valence-electron chi connectivity index (χ3n) is 4.50. The number of ether oxygens (including phenoxy) is 1. The highest BCUT2D eigenvalue weighted by molar-refractivity contribution is 5.78. The highest BCUT2D eigenvalue weighted by Gasteiger charge is 2.44. The quantitative estimate of drug-likeness (QED) is 0.898. The number of piperidine rings is 1. The predicted molar refractivity (Wildman–Crippen MR) is 90.3 cm³/mol. The van der Waals surface area contributed by atoms with Crippen LogP contribution in [0.1, 0.15) is 25.5 Å². The minimum atomic E-state index is -1.43. The first-order valence-electron chi connectivity index (χ1n) is 8.27. The van der Waals surface area contributed by atoms with Gasteiger partial charge in [0.15, 0.2) is 11.6 Å². The van der Waals surface area contributed by atoms with E-state index in [4.69, 9.17) is 4.74 Å². The summed E-state index contributed by atoms with van der Waals surface area (Å²) in [6, 6.07) is 7.78. The molecule has 1 aromatic heterocycles. The van der Waals surface area contributed by atoms with E-state index in [1.54, 1.807) is 12.1 Å². The number of carboxylic acid groups (broad SMARTS) is 1. The minimum Gasteiger partial charge on any atom is -0.478 e. The molecule has 0 atom stereocenters. The second kappa shape index (κ2) is 7.04. The molecule has 0 saturated carbocycles. The fraction of sp³-hybridized carbons (Fsp3) is 0.389. The molecule has 1 fully saturated rings. The van der Waals surface area contributed by atoms with E-state index in [-0.39, 0.29) is 18.6 Å². The van der Waals surface area contributed by atoms with E-state index >= 15 is 0 Å². The zero-order valence-electron chi connectivity index (χ0n) is 14.0. The standard InChI is InChI=1S/C18H20FN3O3/c1-2-13-11-16(21-12-20-13)22-9-7-18(8-10-22,17(23)24)25-15-6-4-3-5-14(15)19/h3-6,11-12H,2,7-10H2,1H3,(H,23,24). The van der Waals surface area contributed by atoms with Crippen LogP contribution in [0, 0.1) is 5.82 Å². The van der Waals surface area contributed by atoms with Crippen LogP contribution < -0.4 is 9.64 Å². The van der Waals surface area contributed by atoms with Crippen molar-refractivity contribution in [1.82, 2.24) is 9.97 Å². The largest absolute Gasteiger partial charge is 0.478 e. The van der Waals surface area contributed by atoms with E-state index in [0.29, 0.717) is 13.1 Å². The summed E-state index contributed by atoms with van der Waals surface area (Å²) < 4.78 is 19.5. The number of anilines is 1. The molecule has 6 nitrogen and oxygen atoms in total. The lowest BCUT2D eigenvalue weighted by Gasteiger charge is -2.39. The van der Waals surface area contributed by atoms with Crippen molar-refractivity contribution in [1.29, 1.82) is 0 Å². The molecule has 132 valence electrons. The summed E-state index contributed by atoms with van der Waals surface area (Å²) >= 11 is 0. The molecule has 7 heteroatoms. The Morgan fingerprint density at radius 2 is 2.04 bits per heavy atom.